The number of rotatable bonds is 4. The molecule has 1 aliphatic heterocycles. The Morgan fingerprint density at radius 1 is 1.13 bits per heavy atom. The first-order chi connectivity index (χ1) is 11.1. The molecule has 0 saturated carbocycles. The fourth-order valence-electron chi connectivity index (χ4n) is 2.60. The van der Waals surface area contributed by atoms with Crippen LogP contribution in [0, 0.1) is 13.8 Å². The molecule has 2 heterocycles. The van der Waals surface area contributed by atoms with Crippen molar-refractivity contribution in [2.45, 2.75) is 32.8 Å². The van der Waals surface area contributed by atoms with E-state index in [1.807, 2.05) is 32.0 Å². The number of hydrogen-bond acceptors (Lipinski definition) is 5. The molecule has 2 aromatic rings. The normalized spacial score (nSPS) is 17.0. The Hall–Kier alpha value is -2.47. The van der Waals surface area contributed by atoms with Crippen molar-refractivity contribution in [1.29, 1.82) is 0 Å². The highest BCUT2D eigenvalue weighted by molar-refractivity contribution is 5.93. The van der Waals surface area contributed by atoms with Gasteiger partial charge in [0.05, 0.1) is 0 Å². The van der Waals surface area contributed by atoms with E-state index in [1.54, 1.807) is 12.1 Å². The van der Waals surface area contributed by atoms with Gasteiger partial charge < -0.3 is 15.4 Å². The lowest BCUT2D eigenvalue weighted by atomic mass is 10.1. The van der Waals surface area contributed by atoms with Crippen molar-refractivity contribution in [3.63, 3.8) is 0 Å². The second kappa shape index (κ2) is 6.75. The lowest BCUT2D eigenvalue weighted by molar-refractivity contribution is -0.124. The van der Waals surface area contributed by atoms with Gasteiger partial charge in [0, 0.05) is 12.3 Å². The first-order valence-corrected chi connectivity index (χ1v) is 7.73. The van der Waals surface area contributed by atoms with Crippen molar-refractivity contribution in [2.24, 2.45) is 0 Å². The van der Waals surface area contributed by atoms with E-state index in [2.05, 4.69) is 20.8 Å². The lowest BCUT2D eigenvalue weighted by Gasteiger charge is -2.12. The van der Waals surface area contributed by atoms with Crippen LogP contribution in [-0.4, -0.2) is 28.8 Å². The molecule has 1 saturated heterocycles. The predicted octanol–water partition coefficient (Wildman–Crippen LogP) is 2.95. The van der Waals surface area contributed by atoms with Crippen molar-refractivity contribution < 1.29 is 9.53 Å². The molecule has 1 aromatic carbocycles. The van der Waals surface area contributed by atoms with Gasteiger partial charge in [-0.05, 0) is 49.9 Å². The van der Waals surface area contributed by atoms with Crippen LogP contribution in [-0.2, 0) is 9.53 Å². The first kappa shape index (κ1) is 15.4. The Bertz CT molecular complexity index is 674. The maximum atomic E-state index is 12.0. The summed E-state index contributed by atoms with van der Waals surface area (Å²) in [7, 11) is 0. The zero-order chi connectivity index (χ0) is 16.2. The Morgan fingerprint density at radius 3 is 2.43 bits per heavy atom. The molecule has 1 aromatic heterocycles. The minimum absolute atomic E-state index is 0.160. The van der Waals surface area contributed by atoms with Gasteiger partial charge in [-0.2, -0.15) is 0 Å². The molecular formula is C17H20N4O2. The van der Waals surface area contributed by atoms with Crippen LogP contribution in [0.15, 0.2) is 30.3 Å². The number of amides is 1. The van der Waals surface area contributed by atoms with Gasteiger partial charge in [-0.25, -0.2) is 0 Å². The van der Waals surface area contributed by atoms with E-state index in [4.69, 9.17) is 4.74 Å². The third-order valence-electron chi connectivity index (χ3n) is 3.87. The number of ether oxygens (including phenoxy) is 1. The van der Waals surface area contributed by atoms with E-state index in [0.717, 1.165) is 29.7 Å². The van der Waals surface area contributed by atoms with Crippen LogP contribution in [0.3, 0.4) is 0 Å². The summed E-state index contributed by atoms with van der Waals surface area (Å²) >= 11 is 0. The molecule has 6 nitrogen and oxygen atoms in total. The number of nitrogens with zero attached hydrogens (tertiary/aromatic N) is 2. The number of anilines is 3. The Balaban J connectivity index is 1.66. The summed E-state index contributed by atoms with van der Waals surface area (Å²) in [6, 6.07) is 9.63. The summed E-state index contributed by atoms with van der Waals surface area (Å²) in [6.07, 6.45) is 1.30. The van der Waals surface area contributed by atoms with Crippen LogP contribution in [0.4, 0.5) is 17.3 Å². The van der Waals surface area contributed by atoms with Gasteiger partial charge >= 0.3 is 0 Å². The van der Waals surface area contributed by atoms with E-state index in [9.17, 15) is 4.79 Å². The maximum Gasteiger partial charge on any atom is 0.254 e. The van der Waals surface area contributed by atoms with Crippen LogP contribution in [0.5, 0.6) is 0 Å². The summed E-state index contributed by atoms with van der Waals surface area (Å²) in [5, 5.41) is 14.2. The molecule has 0 spiro atoms. The summed E-state index contributed by atoms with van der Waals surface area (Å²) in [5.41, 5.74) is 3.31. The van der Waals surface area contributed by atoms with Crippen molar-refractivity contribution in [1.82, 2.24) is 10.2 Å². The van der Waals surface area contributed by atoms with Crippen molar-refractivity contribution in [3.05, 3.63) is 41.5 Å². The molecule has 1 amide bonds. The van der Waals surface area contributed by atoms with Crippen molar-refractivity contribution in [3.8, 4) is 0 Å². The summed E-state index contributed by atoms with van der Waals surface area (Å²) in [4.78, 5) is 12.0. The molecule has 1 unspecified atom stereocenters. The van der Waals surface area contributed by atoms with Crippen LogP contribution < -0.4 is 10.6 Å². The number of para-hydroxylation sites is 1. The standard InChI is InChI=1S/C17H20N4O2/c1-11-5-3-6-12(2)16(11)18-14-8-9-15(21-20-14)19-17(22)13-7-4-10-23-13/h3,5-6,8-9,13H,4,7,10H2,1-2H3,(H,18,20)(H,19,21,22). The first-order valence-electron chi connectivity index (χ1n) is 7.73. The third-order valence-corrected chi connectivity index (χ3v) is 3.87. The summed E-state index contributed by atoms with van der Waals surface area (Å²) in [6.45, 7) is 4.72. The zero-order valence-corrected chi connectivity index (χ0v) is 13.3. The monoisotopic (exact) mass is 312 g/mol. The molecule has 6 heteroatoms. The van der Waals surface area contributed by atoms with Gasteiger partial charge in [-0.3, -0.25) is 4.79 Å². The summed E-state index contributed by atoms with van der Waals surface area (Å²) < 4.78 is 5.34. The Morgan fingerprint density at radius 2 is 1.83 bits per heavy atom. The van der Waals surface area contributed by atoms with Crippen LogP contribution >= 0.6 is 0 Å². The Kier molecular flexibility index (Phi) is 4.52. The molecule has 0 bridgehead atoms. The SMILES string of the molecule is Cc1cccc(C)c1Nc1ccc(NC(=O)C2CCCO2)nn1. The number of aryl methyl sites for hydroxylation is 2. The predicted molar refractivity (Wildman–Crippen MR) is 88.8 cm³/mol. The van der Waals surface area contributed by atoms with Gasteiger partial charge in [0.2, 0.25) is 0 Å². The van der Waals surface area contributed by atoms with Gasteiger partial charge in [0.15, 0.2) is 11.6 Å². The number of benzene rings is 1. The number of carbonyl (C=O) groups is 1. The molecular weight excluding hydrogens is 292 g/mol. The third kappa shape index (κ3) is 3.65. The van der Waals surface area contributed by atoms with Crippen molar-refractivity contribution in [2.75, 3.05) is 17.2 Å². The van der Waals surface area contributed by atoms with Gasteiger partial charge in [-0.15, -0.1) is 10.2 Å². The largest absolute Gasteiger partial charge is 0.368 e. The van der Waals surface area contributed by atoms with E-state index in [1.165, 1.54) is 0 Å². The number of carbonyl (C=O) groups excluding carboxylic acids is 1. The average Bonchev–Trinajstić information content (AvgIpc) is 3.07. The average molecular weight is 312 g/mol. The summed E-state index contributed by atoms with van der Waals surface area (Å²) in [5.74, 6) is 0.905. The lowest BCUT2D eigenvalue weighted by Crippen LogP contribution is -2.27. The van der Waals surface area contributed by atoms with E-state index in [-0.39, 0.29) is 12.0 Å². The molecule has 0 aliphatic carbocycles. The van der Waals surface area contributed by atoms with Crippen LogP contribution in [0.25, 0.3) is 0 Å². The van der Waals surface area contributed by atoms with E-state index >= 15 is 0 Å². The maximum absolute atomic E-state index is 12.0. The molecule has 1 aliphatic rings. The molecule has 1 fully saturated rings. The zero-order valence-electron chi connectivity index (χ0n) is 13.3. The second-order valence-corrected chi connectivity index (χ2v) is 5.69. The molecule has 0 radical (unpaired) electrons. The highest BCUT2D eigenvalue weighted by atomic mass is 16.5. The highest BCUT2D eigenvalue weighted by Gasteiger charge is 2.23. The van der Waals surface area contributed by atoms with Gasteiger partial charge in [-0.1, -0.05) is 18.2 Å². The fourth-order valence-corrected chi connectivity index (χ4v) is 2.60. The van der Waals surface area contributed by atoms with E-state index in [0.29, 0.717) is 18.2 Å². The second-order valence-electron chi connectivity index (χ2n) is 5.69. The van der Waals surface area contributed by atoms with Crippen LogP contribution in [0.2, 0.25) is 0 Å². The van der Waals surface area contributed by atoms with Gasteiger partial charge in [0.25, 0.3) is 5.91 Å². The Labute approximate surface area is 135 Å². The fraction of sp³-hybridized carbons (Fsp3) is 0.353. The number of nitrogens with one attached hydrogen (secondary N) is 2. The molecule has 23 heavy (non-hydrogen) atoms. The molecule has 1 atom stereocenters. The quantitative estimate of drug-likeness (QED) is 0.907. The molecule has 2 N–H and O–H groups in total. The minimum Gasteiger partial charge on any atom is -0.368 e. The van der Waals surface area contributed by atoms with Gasteiger partial charge in [0.1, 0.15) is 6.10 Å². The number of aromatic nitrogens is 2. The topological polar surface area (TPSA) is 76.1 Å². The molecule has 3 rings (SSSR count). The molecule has 120 valence electrons. The highest BCUT2D eigenvalue weighted by Crippen LogP contribution is 2.23. The van der Waals surface area contributed by atoms with Crippen molar-refractivity contribution >= 4 is 23.2 Å². The van der Waals surface area contributed by atoms with Crippen LogP contribution in [0.1, 0.15) is 24.0 Å². The smallest absolute Gasteiger partial charge is 0.254 e. The minimum atomic E-state index is -0.371. The van der Waals surface area contributed by atoms with E-state index < -0.39 is 0 Å². The number of hydrogen-bond donors (Lipinski definition) is 2.